The van der Waals surface area contributed by atoms with Crippen molar-refractivity contribution < 1.29 is 14.3 Å². The molecule has 1 N–H and O–H groups in total. The van der Waals surface area contributed by atoms with Crippen LogP contribution in [0, 0.1) is 5.92 Å². The molecule has 5 nitrogen and oxygen atoms in total. The molecule has 1 aliphatic rings. The Kier molecular flexibility index (Phi) is 7.44. The van der Waals surface area contributed by atoms with Gasteiger partial charge in [-0.15, -0.1) is 0 Å². The first-order valence-corrected chi connectivity index (χ1v) is 12.6. The molecule has 1 saturated heterocycles. The fraction of sp³-hybridized carbons (Fsp3) is 0.400. The number of carbonyl (C=O) groups is 2. The number of nitrogens with zero attached hydrogens (tertiary/aromatic N) is 1. The number of benzene rings is 3. The van der Waals surface area contributed by atoms with Crippen molar-refractivity contribution in [2.24, 2.45) is 5.92 Å². The smallest absolute Gasteiger partial charge is 0.254 e. The first-order valence-electron chi connectivity index (χ1n) is 12.6. The maximum atomic E-state index is 13.4. The highest BCUT2D eigenvalue weighted by Gasteiger charge is 2.29. The molecule has 0 aromatic heterocycles. The number of anilines is 1. The SMILES string of the molecule is COc1ccc(C(=O)N2CCC(C(=O)Nc3c(C(C)C)cccc3C(C)C)CC2)c2ccccc12. The Balaban J connectivity index is 1.47. The van der Waals surface area contributed by atoms with E-state index in [9.17, 15) is 9.59 Å². The van der Waals surface area contributed by atoms with Gasteiger partial charge in [-0.1, -0.05) is 70.2 Å². The molecule has 0 atom stereocenters. The topological polar surface area (TPSA) is 58.6 Å². The lowest BCUT2D eigenvalue weighted by molar-refractivity contribution is -0.121. The van der Waals surface area contributed by atoms with E-state index in [0.717, 1.165) is 22.2 Å². The van der Waals surface area contributed by atoms with Crippen LogP contribution in [0.25, 0.3) is 10.8 Å². The summed E-state index contributed by atoms with van der Waals surface area (Å²) in [4.78, 5) is 28.6. The van der Waals surface area contributed by atoms with Crippen molar-refractivity contribution in [2.75, 3.05) is 25.5 Å². The van der Waals surface area contributed by atoms with Gasteiger partial charge in [-0.05, 0) is 53.3 Å². The lowest BCUT2D eigenvalue weighted by Gasteiger charge is -2.32. The van der Waals surface area contributed by atoms with Crippen LogP contribution in [0.2, 0.25) is 0 Å². The van der Waals surface area contributed by atoms with Gasteiger partial charge in [-0.25, -0.2) is 0 Å². The normalized spacial score (nSPS) is 14.5. The maximum Gasteiger partial charge on any atom is 0.254 e. The summed E-state index contributed by atoms with van der Waals surface area (Å²) < 4.78 is 5.47. The van der Waals surface area contributed by atoms with Crippen LogP contribution in [0.4, 0.5) is 5.69 Å². The van der Waals surface area contributed by atoms with Crippen molar-refractivity contribution in [1.82, 2.24) is 4.90 Å². The van der Waals surface area contributed by atoms with Crippen LogP contribution in [-0.2, 0) is 4.79 Å². The molecule has 0 unspecified atom stereocenters. The molecule has 1 fully saturated rings. The fourth-order valence-corrected chi connectivity index (χ4v) is 5.07. The van der Waals surface area contributed by atoms with Gasteiger partial charge >= 0.3 is 0 Å². The van der Waals surface area contributed by atoms with Gasteiger partial charge in [0.1, 0.15) is 5.75 Å². The molecule has 4 rings (SSSR count). The van der Waals surface area contributed by atoms with Crippen LogP contribution in [0.15, 0.2) is 54.6 Å². The summed E-state index contributed by atoms with van der Waals surface area (Å²) in [7, 11) is 1.64. The van der Waals surface area contributed by atoms with Crippen molar-refractivity contribution in [1.29, 1.82) is 0 Å². The number of ether oxygens (including phenoxy) is 1. The van der Waals surface area contributed by atoms with E-state index in [1.165, 1.54) is 11.1 Å². The van der Waals surface area contributed by atoms with Gasteiger partial charge in [0.25, 0.3) is 5.91 Å². The van der Waals surface area contributed by atoms with Crippen LogP contribution in [0.1, 0.15) is 73.9 Å². The quantitative estimate of drug-likeness (QED) is 0.440. The Hall–Kier alpha value is -3.34. The van der Waals surface area contributed by atoms with Gasteiger partial charge in [0, 0.05) is 35.6 Å². The molecule has 1 aliphatic heterocycles. The number of carbonyl (C=O) groups excluding carboxylic acids is 2. The summed E-state index contributed by atoms with van der Waals surface area (Å²) >= 11 is 0. The third-order valence-corrected chi connectivity index (χ3v) is 7.11. The molecule has 0 spiro atoms. The molecule has 2 amide bonds. The van der Waals surface area contributed by atoms with E-state index in [0.29, 0.717) is 43.3 Å². The number of amides is 2. The van der Waals surface area contributed by atoms with E-state index in [4.69, 9.17) is 4.74 Å². The van der Waals surface area contributed by atoms with Crippen LogP contribution < -0.4 is 10.1 Å². The van der Waals surface area contributed by atoms with Crippen LogP contribution in [0.5, 0.6) is 5.75 Å². The average molecular weight is 473 g/mol. The number of methoxy groups -OCH3 is 1. The number of hydrogen-bond donors (Lipinski definition) is 1. The number of hydrogen-bond acceptors (Lipinski definition) is 3. The van der Waals surface area contributed by atoms with E-state index in [2.05, 4.69) is 51.2 Å². The second-order valence-electron chi connectivity index (χ2n) is 10.0. The molecular formula is C30H36N2O3. The van der Waals surface area contributed by atoms with Crippen molar-refractivity contribution in [3.63, 3.8) is 0 Å². The molecule has 0 radical (unpaired) electrons. The molecule has 0 saturated carbocycles. The standard InChI is InChI=1S/C30H36N2O3/c1-19(2)22-11-8-12-23(20(3)4)28(22)31-29(33)21-15-17-32(18-16-21)30(34)26-13-14-27(35-5)25-10-7-6-9-24(25)26/h6-14,19-21H,15-18H2,1-5H3,(H,31,33). The molecule has 3 aromatic carbocycles. The fourth-order valence-electron chi connectivity index (χ4n) is 5.07. The zero-order valence-electron chi connectivity index (χ0n) is 21.4. The van der Waals surface area contributed by atoms with Crippen molar-refractivity contribution in [3.8, 4) is 5.75 Å². The molecule has 3 aromatic rings. The number of piperidine rings is 1. The van der Waals surface area contributed by atoms with Gasteiger partial charge in [0.2, 0.25) is 5.91 Å². The predicted octanol–water partition coefficient (Wildman–Crippen LogP) is 6.59. The van der Waals surface area contributed by atoms with Gasteiger partial charge in [0.15, 0.2) is 0 Å². The minimum Gasteiger partial charge on any atom is -0.496 e. The molecule has 1 heterocycles. The van der Waals surface area contributed by atoms with Crippen LogP contribution in [-0.4, -0.2) is 36.9 Å². The van der Waals surface area contributed by atoms with Gasteiger partial charge < -0.3 is 15.0 Å². The van der Waals surface area contributed by atoms with E-state index < -0.39 is 0 Å². The minimum atomic E-state index is -0.105. The Morgan fingerprint density at radius 1 is 0.857 bits per heavy atom. The third-order valence-electron chi connectivity index (χ3n) is 7.11. The zero-order valence-corrected chi connectivity index (χ0v) is 21.4. The number of nitrogens with one attached hydrogen (secondary N) is 1. The number of rotatable bonds is 6. The summed E-state index contributed by atoms with van der Waals surface area (Å²) in [5, 5.41) is 5.09. The van der Waals surface area contributed by atoms with Crippen LogP contribution >= 0.6 is 0 Å². The summed E-state index contributed by atoms with van der Waals surface area (Å²) in [6.07, 6.45) is 1.32. The zero-order chi connectivity index (χ0) is 25.1. The third kappa shape index (κ3) is 5.04. The highest BCUT2D eigenvalue weighted by atomic mass is 16.5. The van der Waals surface area contributed by atoms with Gasteiger partial charge in [0.05, 0.1) is 7.11 Å². The summed E-state index contributed by atoms with van der Waals surface area (Å²) in [5.74, 6) is 1.37. The second-order valence-corrected chi connectivity index (χ2v) is 10.0. The van der Waals surface area contributed by atoms with E-state index >= 15 is 0 Å². The summed E-state index contributed by atoms with van der Waals surface area (Å²) in [6.45, 7) is 9.76. The number of likely N-dealkylation sites (tertiary alicyclic amines) is 1. The second kappa shape index (κ2) is 10.5. The average Bonchev–Trinajstić information content (AvgIpc) is 2.87. The Labute approximate surface area is 208 Å². The maximum absolute atomic E-state index is 13.4. The summed E-state index contributed by atoms with van der Waals surface area (Å²) in [5.41, 5.74) is 3.98. The first kappa shape index (κ1) is 24.8. The highest BCUT2D eigenvalue weighted by molar-refractivity contribution is 6.08. The molecule has 0 bridgehead atoms. The Morgan fingerprint density at radius 3 is 2.03 bits per heavy atom. The lowest BCUT2D eigenvalue weighted by Crippen LogP contribution is -2.41. The minimum absolute atomic E-state index is 0.00922. The Bertz CT molecular complexity index is 1200. The van der Waals surface area contributed by atoms with Gasteiger partial charge in [-0.2, -0.15) is 0 Å². The number of fused-ring (bicyclic) bond motifs is 1. The Morgan fingerprint density at radius 2 is 1.46 bits per heavy atom. The highest BCUT2D eigenvalue weighted by Crippen LogP contribution is 2.34. The van der Waals surface area contributed by atoms with E-state index in [-0.39, 0.29) is 17.7 Å². The molecule has 5 heteroatoms. The molecule has 0 aliphatic carbocycles. The van der Waals surface area contributed by atoms with Crippen molar-refractivity contribution in [2.45, 2.75) is 52.4 Å². The molecule has 35 heavy (non-hydrogen) atoms. The molecular weight excluding hydrogens is 436 g/mol. The summed E-state index contributed by atoms with van der Waals surface area (Å²) in [6, 6.07) is 17.8. The van der Waals surface area contributed by atoms with Crippen molar-refractivity contribution >= 4 is 28.3 Å². The predicted molar refractivity (Wildman–Crippen MR) is 142 cm³/mol. The van der Waals surface area contributed by atoms with E-state index in [1.807, 2.05) is 41.3 Å². The van der Waals surface area contributed by atoms with E-state index in [1.54, 1.807) is 7.11 Å². The largest absolute Gasteiger partial charge is 0.496 e. The van der Waals surface area contributed by atoms with Crippen molar-refractivity contribution in [3.05, 3.63) is 71.3 Å². The monoisotopic (exact) mass is 472 g/mol. The first-order chi connectivity index (χ1) is 16.8. The number of para-hydroxylation sites is 1. The van der Waals surface area contributed by atoms with Gasteiger partial charge in [-0.3, -0.25) is 9.59 Å². The van der Waals surface area contributed by atoms with Crippen LogP contribution in [0.3, 0.4) is 0 Å². The molecule has 184 valence electrons. The lowest BCUT2D eigenvalue weighted by atomic mass is 9.91.